The van der Waals surface area contributed by atoms with E-state index in [2.05, 4.69) is 78.6 Å². The van der Waals surface area contributed by atoms with Gasteiger partial charge < -0.3 is 0 Å². The van der Waals surface area contributed by atoms with Crippen LogP contribution in [-0.2, 0) is 0 Å². The molecule has 0 unspecified atom stereocenters. The molecular formula is C14H38Si4. The van der Waals surface area contributed by atoms with E-state index in [-0.39, 0.29) is 0 Å². The van der Waals surface area contributed by atoms with Crippen LogP contribution in [0.5, 0.6) is 0 Å². The van der Waals surface area contributed by atoms with E-state index in [1.54, 1.807) is 6.04 Å². The number of hydrogen-bond donors (Lipinski definition) is 0. The molecule has 0 spiro atoms. The molecule has 0 aliphatic heterocycles. The van der Waals surface area contributed by atoms with Crippen LogP contribution >= 0.6 is 0 Å². The van der Waals surface area contributed by atoms with Crippen LogP contribution < -0.4 is 0 Å². The average Bonchev–Trinajstić information content (AvgIpc) is 1.90. The lowest BCUT2D eigenvalue weighted by atomic mass is 10.9. The largest absolute Gasteiger partial charge is 0.0696 e. The summed E-state index contributed by atoms with van der Waals surface area (Å²) in [5.41, 5.74) is 0. The Balaban J connectivity index is 6.10. The summed E-state index contributed by atoms with van der Waals surface area (Å²) in [4.78, 5) is 0. The summed E-state index contributed by atoms with van der Waals surface area (Å²) in [5.74, 6) is 0. The van der Waals surface area contributed by atoms with Crippen molar-refractivity contribution in [1.29, 1.82) is 0 Å². The van der Waals surface area contributed by atoms with Gasteiger partial charge in [0, 0.05) is 32.3 Å². The quantitative estimate of drug-likeness (QED) is 0.533. The van der Waals surface area contributed by atoms with Gasteiger partial charge in [0.1, 0.15) is 0 Å². The van der Waals surface area contributed by atoms with Gasteiger partial charge in [-0.2, -0.15) is 0 Å². The summed E-state index contributed by atoms with van der Waals surface area (Å²) >= 11 is 0. The Hall–Kier alpha value is 0.868. The van der Waals surface area contributed by atoms with Gasteiger partial charge in [0.05, 0.1) is 0 Å². The van der Waals surface area contributed by atoms with Crippen LogP contribution in [0, 0.1) is 0 Å². The summed E-state index contributed by atoms with van der Waals surface area (Å²) in [7, 11) is -4.50. The molecule has 0 saturated carbocycles. The molecule has 0 aliphatic carbocycles. The first kappa shape index (κ1) is 18.9. The highest BCUT2D eigenvalue weighted by molar-refractivity contribution is 7.16. The van der Waals surface area contributed by atoms with Crippen molar-refractivity contribution >= 4 is 32.3 Å². The minimum Gasteiger partial charge on any atom is -0.0696 e. The van der Waals surface area contributed by atoms with Gasteiger partial charge in [-0.05, 0) is 4.28 Å². The van der Waals surface area contributed by atoms with Crippen molar-refractivity contribution in [1.82, 2.24) is 0 Å². The highest BCUT2D eigenvalue weighted by Gasteiger charge is 2.60. The Bertz CT molecular complexity index is 245. The molecular weight excluding hydrogens is 280 g/mol. The third kappa shape index (κ3) is 3.70. The molecule has 0 rings (SSSR count). The Morgan fingerprint density at radius 3 is 0.778 bits per heavy atom. The molecule has 0 aromatic rings. The lowest BCUT2D eigenvalue weighted by Crippen LogP contribution is -2.67. The minimum absolute atomic E-state index is 0.775. The molecule has 4 heteroatoms. The summed E-state index contributed by atoms with van der Waals surface area (Å²) in [5, 5.41) is 0. The van der Waals surface area contributed by atoms with Crippen LogP contribution in [0.3, 0.4) is 0 Å². The van der Waals surface area contributed by atoms with Gasteiger partial charge in [-0.1, -0.05) is 84.6 Å². The van der Waals surface area contributed by atoms with Gasteiger partial charge >= 0.3 is 0 Å². The third-order valence-electron chi connectivity index (χ3n) is 4.64. The normalized spacial score (nSPS) is 16.0. The van der Waals surface area contributed by atoms with E-state index in [1.165, 1.54) is 0 Å². The molecule has 18 heavy (non-hydrogen) atoms. The van der Waals surface area contributed by atoms with E-state index in [4.69, 9.17) is 0 Å². The second-order valence-corrected chi connectivity index (χ2v) is 33.4. The number of rotatable bonds is 5. The zero-order valence-corrected chi connectivity index (χ0v) is 19.2. The van der Waals surface area contributed by atoms with Crippen molar-refractivity contribution in [3.63, 3.8) is 0 Å². The average molecular weight is 319 g/mol. The van der Waals surface area contributed by atoms with E-state index in [1.807, 2.05) is 0 Å². The summed E-state index contributed by atoms with van der Waals surface area (Å²) in [6, 6.07) is 1.58. The van der Waals surface area contributed by atoms with Crippen molar-refractivity contribution in [3.8, 4) is 0 Å². The first-order valence-electron chi connectivity index (χ1n) is 7.46. The van der Waals surface area contributed by atoms with Gasteiger partial charge in [0.25, 0.3) is 0 Å². The minimum atomic E-state index is -1.16. The van der Waals surface area contributed by atoms with Crippen molar-refractivity contribution in [3.05, 3.63) is 0 Å². The van der Waals surface area contributed by atoms with Crippen molar-refractivity contribution in [2.45, 2.75) is 88.9 Å². The maximum atomic E-state index is 2.66. The lowest BCUT2D eigenvalue weighted by Gasteiger charge is -2.61. The first-order valence-corrected chi connectivity index (χ1v) is 21.7. The molecule has 0 bridgehead atoms. The Morgan fingerprint density at radius 2 is 0.722 bits per heavy atom. The van der Waals surface area contributed by atoms with Crippen LogP contribution in [0.2, 0.25) is 88.9 Å². The molecule has 0 N–H and O–H groups in total. The third-order valence-corrected chi connectivity index (χ3v) is 29.0. The molecule has 0 nitrogen and oxygen atoms in total. The van der Waals surface area contributed by atoms with E-state index < -0.39 is 32.3 Å². The Kier molecular flexibility index (Phi) is 5.25. The molecule has 110 valence electrons. The molecule has 0 aliphatic rings. The fraction of sp³-hybridized carbons (Fsp3) is 1.00. The predicted octanol–water partition coefficient (Wildman–Crippen LogP) is 6.16. The Morgan fingerprint density at radius 1 is 0.500 bits per heavy atom. The zero-order valence-electron chi connectivity index (χ0n) is 15.2. The molecule has 0 saturated heterocycles. The van der Waals surface area contributed by atoms with Gasteiger partial charge in [-0.15, -0.1) is 0 Å². The summed E-state index contributed by atoms with van der Waals surface area (Å²) in [6.07, 6.45) is 0. The second kappa shape index (κ2) is 5.01. The lowest BCUT2D eigenvalue weighted by molar-refractivity contribution is 0.980. The van der Waals surface area contributed by atoms with Crippen molar-refractivity contribution < 1.29 is 0 Å². The van der Waals surface area contributed by atoms with Gasteiger partial charge in [-0.3, -0.25) is 0 Å². The molecule has 0 fully saturated rings. The molecule has 0 radical (unpaired) electrons. The standard InChI is InChI=1S/C14H38Si4/c1-15(2,3)13-14(16(4,5)6,17(7,8)9)18(10,11)12/h13H2,1-12H3. The van der Waals surface area contributed by atoms with Crippen LogP contribution in [0.1, 0.15) is 0 Å². The topological polar surface area (TPSA) is 0 Å². The molecule has 0 amide bonds. The van der Waals surface area contributed by atoms with Gasteiger partial charge in [0.15, 0.2) is 0 Å². The molecule has 0 aromatic heterocycles. The second-order valence-electron chi connectivity index (χ2n) is 10.4. The van der Waals surface area contributed by atoms with Gasteiger partial charge in [-0.25, -0.2) is 0 Å². The first-order chi connectivity index (χ1) is 7.46. The summed E-state index contributed by atoms with van der Waals surface area (Å²) < 4.78 is 0.775. The van der Waals surface area contributed by atoms with Crippen LogP contribution in [0.25, 0.3) is 0 Å². The molecule has 0 heterocycles. The smallest absolute Gasteiger partial charge is 0.0449 e. The maximum absolute atomic E-state index is 2.66. The highest BCUT2D eigenvalue weighted by atomic mass is 28.5. The van der Waals surface area contributed by atoms with E-state index in [0.29, 0.717) is 0 Å². The van der Waals surface area contributed by atoms with Crippen LogP contribution in [0.15, 0.2) is 0 Å². The van der Waals surface area contributed by atoms with E-state index >= 15 is 0 Å². The summed E-state index contributed by atoms with van der Waals surface area (Å²) in [6.45, 7) is 31.7. The highest BCUT2D eigenvalue weighted by Crippen LogP contribution is 2.58. The van der Waals surface area contributed by atoms with Crippen LogP contribution in [-0.4, -0.2) is 32.3 Å². The molecule has 0 aromatic carbocycles. The zero-order chi connectivity index (χ0) is 15.2. The monoisotopic (exact) mass is 318 g/mol. The molecule has 0 atom stereocenters. The van der Waals surface area contributed by atoms with Crippen molar-refractivity contribution in [2.24, 2.45) is 0 Å². The predicted molar refractivity (Wildman–Crippen MR) is 101 cm³/mol. The van der Waals surface area contributed by atoms with Gasteiger partial charge in [0.2, 0.25) is 0 Å². The van der Waals surface area contributed by atoms with E-state index in [9.17, 15) is 0 Å². The maximum Gasteiger partial charge on any atom is 0.0449 e. The van der Waals surface area contributed by atoms with Crippen molar-refractivity contribution in [2.75, 3.05) is 0 Å². The number of hydrogen-bond acceptors (Lipinski definition) is 0. The van der Waals surface area contributed by atoms with Crippen LogP contribution in [0.4, 0.5) is 0 Å². The Labute approximate surface area is 121 Å². The fourth-order valence-electron chi connectivity index (χ4n) is 4.97. The SMILES string of the molecule is C[Si](C)(C)CC([Si](C)(C)C)([Si](C)(C)C)[Si](C)(C)C. The van der Waals surface area contributed by atoms with E-state index in [0.717, 1.165) is 4.28 Å². The fourth-order valence-corrected chi connectivity index (χ4v) is 44.7.